The number of Topliss-reactive ketones (excluding diaryl/α,β-unsaturated/α-hetero) is 1. The maximum Gasteiger partial charge on any atom is 0.339 e. The number of nitrogens with one attached hydrogen (secondary N) is 2. The number of sulfonamides is 1. The van der Waals surface area contributed by atoms with Crippen molar-refractivity contribution < 1.29 is 32.3 Å². The van der Waals surface area contributed by atoms with Gasteiger partial charge in [0.05, 0.1) is 29.7 Å². The van der Waals surface area contributed by atoms with Crippen molar-refractivity contribution in [3.05, 3.63) is 51.8 Å². The van der Waals surface area contributed by atoms with Crippen molar-refractivity contribution in [1.29, 1.82) is 0 Å². The number of hydrogen-bond acceptors (Lipinski definition) is 7. The quantitative estimate of drug-likeness (QED) is 0.436. The first kappa shape index (κ1) is 23.6. The van der Waals surface area contributed by atoms with Gasteiger partial charge in [0.1, 0.15) is 0 Å². The number of carbonyl (C=O) groups excluding carboxylic acids is 3. The van der Waals surface area contributed by atoms with Crippen LogP contribution in [0.15, 0.2) is 29.2 Å². The number of halogens is 1. The van der Waals surface area contributed by atoms with Crippen LogP contribution in [0, 0.1) is 13.8 Å². The minimum Gasteiger partial charge on any atom is -0.465 e. The van der Waals surface area contributed by atoms with E-state index in [2.05, 4.69) is 14.4 Å². The van der Waals surface area contributed by atoms with Gasteiger partial charge in [-0.2, -0.15) is 0 Å². The Morgan fingerprint density at radius 1 is 1.20 bits per heavy atom. The van der Waals surface area contributed by atoms with E-state index in [1.807, 2.05) is 0 Å². The average molecular weight is 457 g/mol. The van der Waals surface area contributed by atoms with E-state index in [4.69, 9.17) is 16.3 Å². The molecular weight excluding hydrogens is 436 g/mol. The van der Waals surface area contributed by atoms with Crippen molar-refractivity contribution in [3.8, 4) is 0 Å². The molecule has 1 aromatic carbocycles. The topological polar surface area (TPSA) is 132 Å². The molecule has 0 saturated heterocycles. The number of benzene rings is 1. The van der Waals surface area contributed by atoms with Gasteiger partial charge in [0, 0.05) is 17.3 Å². The van der Waals surface area contributed by atoms with Crippen LogP contribution in [-0.2, 0) is 24.3 Å². The van der Waals surface area contributed by atoms with Crippen LogP contribution in [0.3, 0.4) is 0 Å². The first-order chi connectivity index (χ1) is 14.1. The van der Waals surface area contributed by atoms with Gasteiger partial charge < -0.3 is 14.5 Å². The Bertz CT molecular complexity index is 1080. The number of carbonyl (C=O) groups is 3. The predicted octanol–water partition coefficient (Wildman–Crippen LogP) is 2.17. The Labute approximate surface area is 178 Å². The zero-order chi connectivity index (χ0) is 22.5. The predicted molar refractivity (Wildman–Crippen MR) is 108 cm³/mol. The van der Waals surface area contributed by atoms with Gasteiger partial charge in [-0.05, 0) is 37.6 Å². The highest BCUT2D eigenvalue weighted by Crippen LogP contribution is 2.19. The van der Waals surface area contributed by atoms with Gasteiger partial charge in [0.15, 0.2) is 6.61 Å². The summed E-state index contributed by atoms with van der Waals surface area (Å²) in [6.45, 7) is 2.43. The van der Waals surface area contributed by atoms with Crippen LogP contribution in [0.25, 0.3) is 0 Å². The molecule has 0 bridgehead atoms. The lowest BCUT2D eigenvalue weighted by Crippen LogP contribution is -2.27. The van der Waals surface area contributed by atoms with E-state index in [0.717, 1.165) is 0 Å². The first-order valence-corrected chi connectivity index (χ1v) is 10.6. The fraction of sp³-hybridized carbons (Fsp3) is 0.316. The molecule has 1 heterocycles. The van der Waals surface area contributed by atoms with E-state index >= 15 is 0 Å². The van der Waals surface area contributed by atoms with Crippen molar-refractivity contribution in [2.75, 3.05) is 20.3 Å². The number of ether oxygens (including phenoxy) is 2. The van der Waals surface area contributed by atoms with Crippen LogP contribution in [-0.4, -0.2) is 51.4 Å². The van der Waals surface area contributed by atoms with E-state index in [1.54, 1.807) is 13.8 Å². The fourth-order valence-corrected chi connectivity index (χ4v) is 4.06. The summed E-state index contributed by atoms with van der Waals surface area (Å²) in [7, 11) is -2.59. The van der Waals surface area contributed by atoms with Crippen LogP contribution in [0.1, 0.15) is 38.5 Å². The molecule has 0 saturated carbocycles. The molecule has 30 heavy (non-hydrogen) atoms. The van der Waals surface area contributed by atoms with E-state index in [-0.39, 0.29) is 34.1 Å². The Morgan fingerprint density at radius 2 is 1.90 bits per heavy atom. The number of hydrogen-bond donors (Lipinski definition) is 2. The third-order valence-electron chi connectivity index (χ3n) is 4.20. The number of aryl methyl sites for hydroxylation is 1. The Morgan fingerprint density at radius 3 is 2.53 bits per heavy atom. The Hall–Kier alpha value is -2.69. The summed E-state index contributed by atoms with van der Waals surface area (Å²) in [6.07, 6.45) is -0.275. The summed E-state index contributed by atoms with van der Waals surface area (Å²) < 4.78 is 36.2. The average Bonchev–Trinajstić information content (AvgIpc) is 2.99. The molecule has 2 aromatic rings. The number of esters is 2. The molecule has 0 aliphatic rings. The van der Waals surface area contributed by atoms with E-state index in [0.29, 0.717) is 11.3 Å². The highest BCUT2D eigenvalue weighted by atomic mass is 35.5. The molecule has 1 aromatic heterocycles. The minimum absolute atomic E-state index is 0.0301. The van der Waals surface area contributed by atoms with E-state index < -0.39 is 34.4 Å². The molecule has 0 amide bonds. The second-order valence-corrected chi connectivity index (χ2v) is 8.51. The molecular formula is C19H21ClN2O7S. The smallest absolute Gasteiger partial charge is 0.339 e. The second kappa shape index (κ2) is 9.88. The lowest BCUT2D eigenvalue weighted by atomic mass is 10.1. The first-order valence-electron chi connectivity index (χ1n) is 8.78. The van der Waals surface area contributed by atoms with Crippen LogP contribution >= 0.6 is 11.6 Å². The Kier molecular flexibility index (Phi) is 7.77. The number of ketones is 1. The zero-order valence-corrected chi connectivity index (χ0v) is 18.1. The summed E-state index contributed by atoms with van der Waals surface area (Å²) in [5, 5.41) is 0.265. The molecule has 0 aliphatic carbocycles. The van der Waals surface area contributed by atoms with Crippen LogP contribution in [0.5, 0.6) is 0 Å². The number of aromatic nitrogens is 1. The molecule has 162 valence electrons. The van der Waals surface area contributed by atoms with Crippen LogP contribution in [0.4, 0.5) is 0 Å². The minimum atomic E-state index is -3.83. The molecule has 0 atom stereocenters. The van der Waals surface area contributed by atoms with Gasteiger partial charge in [0.2, 0.25) is 15.8 Å². The molecule has 0 fully saturated rings. The standard InChI is InChI=1S/C19H21ClN2O7S/c1-11-17(19(25)28-3)12(2)22-18(11)15(23)10-29-16(24)7-8-21-30(26,27)14-6-4-5-13(20)9-14/h4-6,9,21-22H,7-8,10H2,1-3H3. The summed E-state index contributed by atoms with van der Waals surface area (Å²) >= 11 is 5.78. The van der Waals surface area contributed by atoms with Gasteiger partial charge in [0.25, 0.3) is 0 Å². The van der Waals surface area contributed by atoms with Crippen molar-refractivity contribution in [2.24, 2.45) is 0 Å². The van der Waals surface area contributed by atoms with Crippen molar-refractivity contribution in [1.82, 2.24) is 9.71 Å². The lowest BCUT2D eigenvalue weighted by molar-refractivity contribution is -0.142. The molecule has 11 heteroatoms. The molecule has 0 radical (unpaired) electrons. The largest absolute Gasteiger partial charge is 0.465 e. The van der Waals surface area contributed by atoms with Gasteiger partial charge in [-0.3, -0.25) is 9.59 Å². The third kappa shape index (κ3) is 5.68. The fourth-order valence-electron chi connectivity index (χ4n) is 2.73. The summed E-state index contributed by atoms with van der Waals surface area (Å²) in [6, 6.07) is 5.68. The highest BCUT2D eigenvalue weighted by molar-refractivity contribution is 7.89. The zero-order valence-electron chi connectivity index (χ0n) is 16.6. The highest BCUT2D eigenvalue weighted by Gasteiger charge is 2.23. The van der Waals surface area contributed by atoms with E-state index in [1.165, 1.54) is 31.4 Å². The van der Waals surface area contributed by atoms with Gasteiger partial charge >= 0.3 is 11.9 Å². The van der Waals surface area contributed by atoms with Gasteiger partial charge in [-0.1, -0.05) is 17.7 Å². The van der Waals surface area contributed by atoms with Crippen molar-refractivity contribution >= 4 is 39.3 Å². The SMILES string of the molecule is COC(=O)c1c(C)[nH]c(C(=O)COC(=O)CCNS(=O)(=O)c2cccc(Cl)c2)c1C. The number of H-pyrrole nitrogens is 1. The maximum absolute atomic E-state index is 12.3. The molecule has 0 spiro atoms. The maximum atomic E-state index is 12.3. The van der Waals surface area contributed by atoms with E-state index in [9.17, 15) is 22.8 Å². The molecule has 9 nitrogen and oxygen atoms in total. The second-order valence-electron chi connectivity index (χ2n) is 6.31. The van der Waals surface area contributed by atoms with Crippen LogP contribution in [0.2, 0.25) is 5.02 Å². The molecule has 0 unspecified atom stereocenters. The normalized spacial score (nSPS) is 11.2. The number of rotatable bonds is 9. The Balaban J connectivity index is 1.88. The molecule has 2 N–H and O–H groups in total. The summed E-state index contributed by atoms with van der Waals surface area (Å²) in [5.41, 5.74) is 1.25. The monoisotopic (exact) mass is 456 g/mol. The van der Waals surface area contributed by atoms with Gasteiger partial charge in [-0.15, -0.1) is 0 Å². The van der Waals surface area contributed by atoms with Crippen molar-refractivity contribution in [2.45, 2.75) is 25.2 Å². The molecule has 2 rings (SSSR count). The summed E-state index contributed by atoms with van der Waals surface area (Å²) in [4.78, 5) is 38.7. The summed E-state index contributed by atoms with van der Waals surface area (Å²) in [5.74, 6) is -1.87. The van der Waals surface area contributed by atoms with Gasteiger partial charge in [-0.25, -0.2) is 17.9 Å². The number of methoxy groups -OCH3 is 1. The van der Waals surface area contributed by atoms with Crippen molar-refractivity contribution in [3.63, 3.8) is 0 Å². The lowest BCUT2D eigenvalue weighted by Gasteiger charge is -2.07. The molecule has 0 aliphatic heterocycles. The number of aromatic amines is 1. The van der Waals surface area contributed by atoms with Crippen LogP contribution < -0.4 is 4.72 Å². The third-order valence-corrected chi connectivity index (χ3v) is 5.89.